The molecular formula is C46H53BrN4O6Si. The molecule has 1 spiro atoms. The molecule has 4 aromatic rings. The first-order chi connectivity index (χ1) is 27.9. The van der Waals surface area contributed by atoms with E-state index < -0.39 is 19.8 Å². The Hall–Kier alpha value is -4.33. The van der Waals surface area contributed by atoms with Gasteiger partial charge < -0.3 is 35.0 Å². The third kappa shape index (κ3) is 7.31. The van der Waals surface area contributed by atoms with E-state index in [4.69, 9.17) is 9.47 Å². The molecule has 0 aliphatic carbocycles. The molecule has 10 nitrogen and oxygen atoms in total. The van der Waals surface area contributed by atoms with Gasteiger partial charge in [-0.2, -0.15) is 0 Å². The zero-order valence-corrected chi connectivity index (χ0v) is 36.3. The van der Waals surface area contributed by atoms with Crippen molar-refractivity contribution in [1.82, 2.24) is 10.2 Å². The summed E-state index contributed by atoms with van der Waals surface area (Å²) < 4.78 is 13.7. The lowest BCUT2D eigenvalue weighted by Crippen LogP contribution is -2.52. The van der Waals surface area contributed by atoms with Crippen LogP contribution < -0.4 is 25.5 Å². The van der Waals surface area contributed by atoms with E-state index in [1.165, 1.54) is 5.19 Å². The second kappa shape index (κ2) is 16.4. The van der Waals surface area contributed by atoms with Crippen LogP contribution in [0.25, 0.3) is 0 Å². The van der Waals surface area contributed by atoms with Crippen LogP contribution in [0, 0.1) is 11.8 Å². The van der Waals surface area contributed by atoms with Gasteiger partial charge in [0.25, 0.3) is 5.91 Å². The van der Waals surface area contributed by atoms with E-state index in [0.29, 0.717) is 26.1 Å². The first-order valence-corrected chi connectivity index (χ1v) is 24.3. The number of hydrogen-bond donors (Lipinski definition) is 3. The molecule has 8 rings (SSSR count). The van der Waals surface area contributed by atoms with Gasteiger partial charge in [-0.1, -0.05) is 89.7 Å². The van der Waals surface area contributed by atoms with Gasteiger partial charge in [0.05, 0.1) is 58.5 Å². The first kappa shape index (κ1) is 40.4. The molecule has 4 aromatic carbocycles. The average molecular weight is 866 g/mol. The van der Waals surface area contributed by atoms with Gasteiger partial charge in [-0.05, 0) is 90.5 Å². The van der Waals surface area contributed by atoms with Crippen molar-refractivity contribution in [3.63, 3.8) is 0 Å². The van der Waals surface area contributed by atoms with Gasteiger partial charge in [-0.25, -0.2) is 0 Å². The number of nitrogens with one attached hydrogen (secondary N) is 2. The summed E-state index contributed by atoms with van der Waals surface area (Å²) in [5.74, 6) is 0.215. The third-order valence-electron chi connectivity index (χ3n) is 13.3. The predicted molar refractivity (Wildman–Crippen MR) is 232 cm³/mol. The summed E-state index contributed by atoms with van der Waals surface area (Å²) >= 11 is 3.71. The van der Waals surface area contributed by atoms with Crippen molar-refractivity contribution in [2.75, 3.05) is 37.0 Å². The summed E-state index contributed by atoms with van der Waals surface area (Å²) in [5.41, 5.74) is 3.98. The number of hydrogen-bond acceptors (Lipinski definition) is 7. The number of benzene rings is 4. The van der Waals surface area contributed by atoms with Gasteiger partial charge in [0, 0.05) is 34.7 Å². The molecule has 0 radical (unpaired) electrons. The lowest BCUT2D eigenvalue weighted by Gasteiger charge is -2.39. The fourth-order valence-corrected chi connectivity index (χ4v) is 14.5. The van der Waals surface area contributed by atoms with E-state index in [1.54, 1.807) is 7.11 Å². The van der Waals surface area contributed by atoms with E-state index in [-0.39, 0.29) is 54.2 Å². The van der Waals surface area contributed by atoms with Crippen molar-refractivity contribution in [3.8, 4) is 5.75 Å². The number of aliphatic hydroxyl groups excluding tert-OH is 1. The standard InChI is InChI=1S/C46H53BrN4O6Si/c1-29-43(58(3,4)38-18-16-37(56-2)17-19-38)41(24-42(53)50-27-33-9-6-5-8-31(33)22-36(50)28-52)57-46(29)39-23-34(47)13-20-40(39)51(45(46)55)26-30-11-14-35(15-12-30)49-44(54)32-10-7-21-48-25-32/h5-6,8-9,11-20,23,29,32,36,41,43,48,52H,7,10,21-22,24-28H2,1-4H3,(H,49,54)/t29-,32?,36+,41+,43-,46+/m1/s1. The molecule has 3 amide bonds. The smallest absolute Gasteiger partial charge is 0.264 e. The van der Waals surface area contributed by atoms with E-state index in [0.717, 1.165) is 63.2 Å². The summed E-state index contributed by atoms with van der Waals surface area (Å²) in [6.45, 7) is 8.98. The summed E-state index contributed by atoms with van der Waals surface area (Å²) in [5, 5.41) is 18.1. The van der Waals surface area contributed by atoms with E-state index in [9.17, 15) is 14.7 Å². The molecule has 0 bridgehead atoms. The Kier molecular flexibility index (Phi) is 11.4. The number of methoxy groups -OCH3 is 1. The zero-order valence-electron chi connectivity index (χ0n) is 33.7. The van der Waals surface area contributed by atoms with Crippen LogP contribution in [-0.4, -0.2) is 74.8 Å². The lowest BCUT2D eigenvalue weighted by molar-refractivity contribution is -0.151. The fraction of sp³-hybridized carbons (Fsp3) is 0.413. The highest BCUT2D eigenvalue weighted by Gasteiger charge is 2.66. The van der Waals surface area contributed by atoms with Gasteiger partial charge in [-0.15, -0.1) is 0 Å². The Morgan fingerprint density at radius 3 is 2.47 bits per heavy atom. The summed E-state index contributed by atoms with van der Waals surface area (Å²) in [6.07, 6.45) is 1.96. The maximum atomic E-state index is 15.4. The average Bonchev–Trinajstić information content (AvgIpc) is 3.66. The van der Waals surface area contributed by atoms with Crippen LogP contribution in [0.4, 0.5) is 11.4 Å². The highest BCUT2D eigenvalue weighted by molar-refractivity contribution is 9.10. The number of piperidine rings is 1. The van der Waals surface area contributed by atoms with Crippen LogP contribution in [0.15, 0.2) is 95.5 Å². The van der Waals surface area contributed by atoms with Crippen molar-refractivity contribution in [1.29, 1.82) is 0 Å². The molecule has 0 saturated carbocycles. The van der Waals surface area contributed by atoms with Gasteiger partial charge >= 0.3 is 0 Å². The topological polar surface area (TPSA) is 120 Å². The number of fused-ring (bicyclic) bond motifs is 3. The number of rotatable bonds is 10. The molecule has 4 aliphatic heterocycles. The molecule has 2 saturated heterocycles. The Morgan fingerprint density at radius 1 is 1.03 bits per heavy atom. The molecule has 4 aliphatic rings. The van der Waals surface area contributed by atoms with Crippen molar-refractivity contribution < 1.29 is 29.0 Å². The number of carbonyl (C=O) groups excluding carboxylic acids is 3. The number of halogens is 1. The maximum absolute atomic E-state index is 15.4. The molecule has 1 unspecified atom stereocenters. The molecular weight excluding hydrogens is 813 g/mol. The van der Waals surface area contributed by atoms with Gasteiger partial charge in [0.15, 0.2) is 5.60 Å². The van der Waals surface area contributed by atoms with Crippen molar-refractivity contribution in [2.45, 2.75) is 82.1 Å². The number of aliphatic hydroxyl groups is 1. The minimum atomic E-state index is -2.52. The van der Waals surface area contributed by atoms with Crippen LogP contribution in [-0.2, 0) is 44.2 Å². The van der Waals surface area contributed by atoms with E-state index >= 15 is 4.79 Å². The van der Waals surface area contributed by atoms with Crippen LogP contribution in [0.1, 0.15) is 48.4 Å². The fourth-order valence-electron chi connectivity index (χ4n) is 10.2. The molecule has 12 heteroatoms. The van der Waals surface area contributed by atoms with Crippen LogP contribution in [0.5, 0.6) is 5.75 Å². The molecule has 304 valence electrons. The Labute approximate surface area is 350 Å². The first-order valence-electron chi connectivity index (χ1n) is 20.5. The molecule has 6 atom stereocenters. The van der Waals surface area contributed by atoms with Crippen LogP contribution >= 0.6 is 15.9 Å². The number of ether oxygens (including phenoxy) is 2. The van der Waals surface area contributed by atoms with Crippen LogP contribution in [0.3, 0.4) is 0 Å². The molecule has 2 fully saturated rings. The monoisotopic (exact) mass is 864 g/mol. The molecule has 0 aromatic heterocycles. The quantitative estimate of drug-likeness (QED) is 0.156. The number of amides is 3. The van der Waals surface area contributed by atoms with Crippen molar-refractivity contribution >= 4 is 58.3 Å². The second-order valence-corrected chi connectivity index (χ2v) is 22.6. The van der Waals surface area contributed by atoms with Gasteiger partial charge in [0.2, 0.25) is 11.8 Å². The van der Waals surface area contributed by atoms with Gasteiger partial charge in [0.1, 0.15) is 5.75 Å². The van der Waals surface area contributed by atoms with Crippen molar-refractivity contribution in [2.24, 2.45) is 11.8 Å². The Balaban J connectivity index is 1.12. The number of nitrogens with zero attached hydrogens (tertiary/aromatic N) is 2. The lowest BCUT2D eigenvalue weighted by atomic mass is 9.82. The number of carbonyl (C=O) groups is 3. The minimum Gasteiger partial charge on any atom is -0.497 e. The predicted octanol–water partition coefficient (Wildman–Crippen LogP) is 6.49. The number of anilines is 2. The third-order valence-corrected chi connectivity index (χ3v) is 18.1. The van der Waals surface area contributed by atoms with Crippen molar-refractivity contribution in [3.05, 3.63) is 118 Å². The summed E-state index contributed by atoms with van der Waals surface area (Å²) in [6, 6.07) is 29.6. The SMILES string of the molecule is COc1ccc([Si](C)(C)[C@H]2[C@H](CC(=O)N3Cc4ccccc4C[C@H]3CO)O[C@@]3(C(=O)N(Cc4ccc(NC(=O)C5CCCNC5)cc4)c4ccc(Br)cc43)[C@@H]2C)cc1. The summed E-state index contributed by atoms with van der Waals surface area (Å²) in [7, 11) is -0.859. The van der Waals surface area contributed by atoms with Crippen LogP contribution in [0.2, 0.25) is 18.6 Å². The minimum absolute atomic E-state index is 0.0178. The van der Waals surface area contributed by atoms with E-state index in [1.807, 2.05) is 82.6 Å². The Bertz CT molecular complexity index is 2180. The normalized spacial score (nSPS) is 25.4. The molecule has 58 heavy (non-hydrogen) atoms. The molecule has 4 heterocycles. The second-order valence-electron chi connectivity index (χ2n) is 17.0. The van der Waals surface area contributed by atoms with Gasteiger partial charge in [-0.3, -0.25) is 14.4 Å². The highest BCUT2D eigenvalue weighted by Crippen LogP contribution is 2.60. The maximum Gasteiger partial charge on any atom is 0.264 e. The summed E-state index contributed by atoms with van der Waals surface area (Å²) in [4.78, 5) is 46.5. The molecule has 3 N–H and O–H groups in total. The highest BCUT2D eigenvalue weighted by atomic mass is 79.9. The largest absolute Gasteiger partial charge is 0.497 e. The van der Waals surface area contributed by atoms with E-state index in [2.05, 4.69) is 64.8 Å². The zero-order chi connectivity index (χ0) is 40.8. The Morgan fingerprint density at radius 2 is 1.78 bits per heavy atom.